The first-order valence-electron chi connectivity index (χ1n) is 4.84. The summed E-state index contributed by atoms with van der Waals surface area (Å²) in [6.45, 7) is 0. The minimum atomic E-state index is -1.08. The van der Waals surface area contributed by atoms with E-state index in [1.165, 1.54) is 25.3 Å². The SMILES string of the molecule is COc1ccc(C=CCC(=O)O)c(C(=O)O)c1. The lowest BCUT2D eigenvalue weighted by atomic mass is 10.1. The highest BCUT2D eigenvalue weighted by Crippen LogP contribution is 2.19. The van der Waals surface area contributed by atoms with E-state index in [0.29, 0.717) is 11.3 Å². The van der Waals surface area contributed by atoms with Crippen molar-refractivity contribution in [2.24, 2.45) is 0 Å². The lowest BCUT2D eigenvalue weighted by molar-refractivity contribution is -0.135. The summed E-state index contributed by atoms with van der Waals surface area (Å²) in [5.74, 6) is -1.61. The van der Waals surface area contributed by atoms with E-state index in [0.717, 1.165) is 0 Å². The molecule has 5 heteroatoms. The highest BCUT2D eigenvalue weighted by Gasteiger charge is 2.09. The Balaban J connectivity index is 3.02. The van der Waals surface area contributed by atoms with Gasteiger partial charge in [0.2, 0.25) is 0 Å². The van der Waals surface area contributed by atoms with Crippen molar-refractivity contribution >= 4 is 18.0 Å². The molecule has 5 nitrogen and oxygen atoms in total. The van der Waals surface area contributed by atoms with Crippen LogP contribution in [-0.2, 0) is 4.79 Å². The Morgan fingerprint density at radius 3 is 2.59 bits per heavy atom. The Bertz CT molecular complexity index is 462. The second-order valence-corrected chi connectivity index (χ2v) is 3.26. The molecule has 0 saturated heterocycles. The second-order valence-electron chi connectivity index (χ2n) is 3.26. The molecule has 0 aliphatic carbocycles. The molecule has 0 spiro atoms. The van der Waals surface area contributed by atoms with Gasteiger partial charge in [-0.15, -0.1) is 0 Å². The van der Waals surface area contributed by atoms with Gasteiger partial charge in [0.25, 0.3) is 0 Å². The molecule has 1 rings (SSSR count). The van der Waals surface area contributed by atoms with E-state index in [2.05, 4.69) is 0 Å². The fourth-order valence-electron chi connectivity index (χ4n) is 1.28. The van der Waals surface area contributed by atoms with Crippen molar-refractivity contribution in [2.45, 2.75) is 6.42 Å². The fourth-order valence-corrected chi connectivity index (χ4v) is 1.28. The van der Waals surface area contributed by atoms with Crippen LogP contribution in [0.1, 0.15) is 22.3 Å². The van der Waals surface area contributed by atoms with Gasteiger partial charge in [0, 0.05) is 0 Å². The Labute approximate surface area is 98.0 Å². The first-order valence-corrected chi connectivity index (χ1v) is 4.84. The van der Waals surface area contributed by atoms with Crippen molar-refractivity contribution in [3.8, 4) is 5.75 Å². The van der Waals surface area contributed by atoms with Crippen LogP contribution in [0.2, 0.25) is 0 Å². The summed E-state index contributed by atoms with van der Waals surface area (Å²) in [6, 6.07) is 4.58. The molecule has 0 aliphatic rings. The van der Waals surface area contributed by atoms with Crippen molar-refractivity contribution in [1.29, 1.82) is 0 Å². The van der Waals surface area contributed by atoms with Crippen LogP contribution < -0.4 is 4.74 Å². The number of carboxylic acids is 2. The van der Waals surface area contributed by atoms with Crippen LogP contribution in [0.5, 0.6) is 5.75 Å². The highest BCUT2D eigenvalue weighted by molar-refractivity contribution is 5.92. The maximum Gasteiger partial charge on any atom is 0.336 e. The van der Waals surface area contributed by atoms with Gasteiger partial charge in [0.15, 0.2) is 0 Å². The van der Waals surface area contributed by atoms with Gasteiger partial charge < -0.3 is 14.9 Å². The number of rotatable bonds is 5. The predicted molar refractivity (Wildman–Crippen MR) is 61.2 cm³/mol. The molecular weight excluding hydrogens is 224 g/mol. The molecule has 0 heterocycles. The molecule has 1 aromatic rings. The smallest absolute Gasteiger partial charge is 0.336 e. The van der Waals surface area contributed by atoms with E-state index in [1.54, 1.807) is 12.1 Å². The molecule has 0 aromatic heterocycles. The summed E-state index contributed by atoms with van der Waals surface area (Å²) in [7, 11) is 1.45. The molecule has 90 valence electrons. The topological polar surface area (TPSA) is 83.8 Å². The van der Waals surface area contributed by atoms with Gasteiger partial charge in [0.05, 0.1) is 19.1 Å². The zero-order valence-electron chi connectivity index (χ0n) is 9.21. The molecule has 2 N–H and O–H groups in total. The third-order valence-electron chi connectivity index (χ3n) is 2.08. The van der Waals surface area contributed by atoms with E-state index in [-0.39, 0.29) is 12.0 Å². The lowest BCUT2D eigenvalue weighted by Crippen LogP contribution is -2.00. The lowest BCUT2D eigenvalue weighted by Gasteiger charge is -2.04. The van der Waals surface area contributed by atoms with Crippen molar-refractivity contribution in [3.63, 3.8) is 0 Å². The Morgan fingerprint density at radius 2 is 2.06 bits per heavy atom. The Kier molecular flexibility index (Phi) is 4.28. The summed E-state index contributed by atoms with van der Waals surface area (Å²) in [5, 5.41) is 17.5. The third kappa shape index (κ3) is 3.64. The zero-order chi connectivity index (χ0) is 12.8. The van der Waals surface area contributed by atoms with Crippen molar-refractivity contribution in [3.05, 3.63) is 35.4 Å². The van der Waals surface area contributed by atoms with E-state index in [9.17, 15) is 9.59 Å². The standard InChI is InChI=1S/C12H12O5/c1-17-9-6-5-8(3-2-4-11(13)14)10(7-9)12(15)16/h2-3,5-7H,4H2,1H3,(H,13,14)(H,15,16). The molecule has 1 aromatic carbocycles. The average Bonchev–Trinajstić information content (AvgIpc) is 2.28. The normalized spacial score (nSPS) is 10.4. The molecule has 0 unspecified atom stereocenters. The van der Waals surface area contributed by atoms with Crippen LogP contribution in [0.4, 0.5) is 0 Å². The van der Waals surface area contributed by atoms with Crippen LogP contribution in [-0.4, -0.2) is 29.3 Å². The predicted octanol–water partition coefficient (Wildman–Crippen LogP) is 1.88. The number of hydrogen-bond acceptors (Lipinski definition) is 3. The monoisotopic (exact) mass is 236 g/mol. The number of carboxylic acid groups (broad SMARTS) is 2. The van der Waals surface area contributed by atoms with Crippen LogP contribution in [0, 0.1) is 0 Å². The molecule has 0 fully saturated rings. The number of methoxy groups -OCH3 is 1. The van der Waals surface area contributed by atoms with Crippen LogP contribution >= 0.6 is 0 Å². The molecule has 0 amide bonds. The van der Waals surface area contributed by atoms with Crippen LogP contribution in [0.3, 0.4) is 0 Å². The van der Waals surface area contributed by atoms with E-state index in [1.807, 2.05) is 0 Å². The van der Waals surface area contributed by atoms with Crippen molar-refractivity contribution < 1.29 is 24.5 Å². The second kappa shape index (κ2) is 5.69. The summed E-state index contributed by atoms with van der Waals surface area (Å²) < 4.78 is 4.92. The van der Waals surface area contributed by atoms with Crippen LogP contribution in [0.15, 0.2) is 24.3 Å². The first kappa shape index (κ1) is 12.8. The number of carbonyl (C=O) groups is 2. The molecule has 0 aliphatic heterocycles. The zero-order valence-corrected chi connectivity index (χ0v) is 9.21. The van der Waals surface area contributed by atoms with Gasteiger partial charge in [-0.05, 0) is 17.7 Å². The summed E-state index contributed by atoms with van der Waals surface area (Å²) >= 11 is 0. The van der Waals surface area contributed by atoms with E-state index >= 15 is 0 Å². The van der Waals surface area contributed by atoms with Gasteiger partial charge in [-0.25, -0.2) is 4.79 Å². The average molecular weight is 236 g/mol. The summed E-state index contributed by atoms with van der Waals surface area (Å²) in [4.78, 5) is 21.3. The summed E-state index contributed by atoms with van der Waals surface area (Å²) in [5.41, 5.74) is 0.519. The minimum absolute atomic E-state index is 0.0750. The third-order valence-corrected chi connectivity index (χ3v) is 2.08. The molecule has 0 atom stereocenters. The molecule has 0 saturated carbocycles. The number of ether oxygens (including phenoxy) is 1. The Hall–Kier alpha value is -2.30. The quantitative estimate of drug-likeness (QED) is 0.815. The number of aromatic carboxylic acids is 1. The van der Waals surface area contributed by atoms with Gasteiger partial charge >= 0.3 is 11.9 Å². The largest absolute Gasteiger partial charge is 0.497 e. The van der Waals surface area contributed by atoms with Gasteiger partial charge in [-0.3, -0.25) is 4.79 Å². The van der Waals surface area contributed by atoms with Crippen molar-refractivity contribution in [1.82, 2.24) is 0 Å². The fraction of sp³-hybridized carbons (Fsp3) is 0.167. The van der Waals surface area contributed by atoms with E-state index < -0.39 is 11.9 Å². The molecular formula is C12H12O5. The minimum Gasteiger partial charge on any atom is -0.497 e. The maximum absolute atomic E-state index is 11.0. The molecule has 0 radical (unpaired) electrons. The number of hydrogen-bond donors (Lipinski definition) is 2. The summed E-state index contributed by atoms with van der Waals surface area (Å²) in [6.07, 6.45) is 2.72. The van der Waals surface area contributed by atoms with Crippen molar-refractivity contribution in [2.75, 3.05) is 7.11 Å². The first-order chi connectivity index (χ1) is 8.04. The maximum atomic E-state index is 11.0. The molecule has 17 heavy (non-hydrogen) atoms. The molecule has 0 bridgehead atoms. The number of aliphatic carboxylic acids is 1. The van der Waals surface area contributed by atoms with Crippen LogP contribution in [0.25, 0.3) is 6.08 Å². The van der Waals surface area contributed by atoms with Gasteiger partial charge in [-0.1, -0.05) is 18.2 Å². The highest BCUT2D eigenvalue weighted by atomic mass is 16.5. The number of benzene rings is 1. The van der Waals surface area contributed by atoms with E-state index in [4.69, 9.17) is 14.9 Å². The van der Waals surface area contributed by atoms with Gasteiger partial charge in [-0.2, -0.15) is 0 Å². The Morgan fingerprint density at radius 1 is 1.35 bits per heavy atom. The van der Waals surface area contributed by atoms with Gasteiger partial charge in [0.1, 0.15) is 5.75 Å².